The summed E-state index contributed by atoms with van der Waals surface area (Å²) in [6, 6.07) is 9.23. The highest BCUT2D eigenvalue weighted by Crippen LogP contribution is 2.19. The zero-order valence-corrected chi connectivity index (χ0v) is 12.5. The van der Waals surface area contributed by atoms with Crippen LogP contribution in [0.3, 0.4) is 0 Å². The Morgan fingerprint density at radius 3 is 3.14 bits per heavy atom. The van der Waals surface area contributed by atoms with Gasteiger partial charge in [0.25, 0.3) is 5.91 Å². The number of fused-ring (bicyclic) bond motifs is 1. The molecule has 2 aromatic rings. The first-order chi connectivity index (χ1) is 10.7. The van der Waals surface area contributed by atoms with Crippen LogP contribution in [0, 0.1) is 0 Å². The van der Waals surface area contributed by atoms with Crippen molar-refractivity contribution in [2.75, 3.05) is 19.6 Å². The lowest BCUT2D eigenvalue weighted by molar-refractivity contribution is 0.0276. The number of nitrogens with one attached hydrogen (secondary N) is 2. The first-order valence-electron chi connectivity index (χ1n) is 7.72. The molecule has 1 aromatic carbocycles. The number of pyridine rings is 1. The number of hydrogen-bond acceptors (Lipinski definition) is 4. The average Bonchev–Trinajstić information content (AvgIpc) is 2.77. The zero-order chi connectivity index (χ0) is 15.4. The van der Waals surface area contributed by atoms with E-state index >= 15 is 0 Å². The molecule has 3 rings (SSSR count). The van der Waals surface area contributed by atoms with Crippen molar-refractivity contribution in [1.82, 2.24) is 15.6 Å². The Morgan fingerprint density at radius 1 is 1.32 bits per heavy atom. The van der Waals surface area contributed by atoms with Crippen LogP contribution < -0.4 is 10.6 Å². The van der Waals surface area contributed by atoms with E-state index in [0.717, 1.165) is 30.4 Å². The Balaban J connectivity index is 1.67. The van der Waals surface area contributed by atoms with Crippen molar-refractivity contribution < 1.29 is 9.90 Å². The van der Waals surface area contributed by atoms with E-state index in [-0.39, 0.29) is 5.91 Å². The van der Waals surface area contributed by atoms with Gasteiger partial charge in [0, 0.05) is 23.7 Å². The third-order valence-corrected chi connectivity index (χ3v) is 4.21. The molecule has 2 heterocycles. The van der Waals surface area contributed by atoms with Crippen LogP contribution in [0.15, 0.2) is 36.5 Å². The number of aromatic nitrogens is 1. The quantitative estimate of drug-likeness (QED) is 0.802. The molecule has 1 aliphatic rings. The fourth-order valence-corrected chi connectivity index (χ4v) is 2.85. The third-order valence-electron chi connectivity index (χ3n) is 4.21. The minimum Gasteiger partial charge on any atom is -0.388 e. The van der Waals surface area contributed by atoms with Gasteiger partial charge in [0.1, 0.15) is 0 Å². The van der Waals surface area contributed by atoms with Gasteiger partial charge in [-0.2, -0.15) is 0 Å². The second-order valence-electron chi connectivity index (χ2n) is 5.92. The Bertz CT molecular complexity index is 664. The Labute approximate surface area is 129 Å². The zero-order valence-electron chi connectivity index (χ0n) is 12.5. The van der Waals surface area contributed by atoms with Crippen molar-refractivity contribution in [1.29, 1.82) is 0 Å². The van der Waals surface area contributed by atoms with E-state index in [4.69, 9.17) is 0 Å². The van der Waals surface area contributed by atoms with Crippen LogP contribution in [-0.4, -0.2) is 41.2 Å². The van der Waals surface area contributed by atoms with Crippen LogP contribution >= 0.6 is 0 Å². The Hall–Kier alpha value is -1.98. The van der Waals surface area contributed by atoms with E-state index in [9.17, 15) is 9.90 Å². The SMILES string of the molecule is O=C(NCC1(O)CCCNCC1)c1ccc2ncccc2c1. The number of hydrogen-bond donors (Lipinski definition) is 3. The fraction of sp³-hybridized carbons (Fsp3) is 0.412. The van der Waals surface area contributed by atoms with Gasteiger partial charge in [0.2, 0.25) is 0 Å². The van der Waals surface area contributed by atoms with Gasteiger partial charge < -0.3 is 15.7 Å². The normalized spacial score (nSPS) is 22.2. The lowest BCUT2D eigenvalue weighted by atomic mass is 9.95. The van der Waals surface area contributed by atoms with E-state index < -0.39 is 5.60 Å². The summed E-state index contributed by atoms with van der Waals surface area (Å²) in [5, 5.41) is 17.6. The lowest BCUT2D eigenvalue weighted by Gasteiger charge is -2.26. The molecular weight excluding hydrogens is 278 g/mol. The predicted molar refractivity (Wildman–Crippen MR) is 85.7 cm³/mol. The number of rotatable bonds is 3. The van der Waals surface area contributed by atoms with Crippen LogP contribution in [0.2, 0.25) is 0 Å². The molecule has 116 valence electrons. The molecule has 5 nitrogen and oxygen atoms in total. The monoisotopic (exact) mass is 299 g/mol. The maximum Gasteiger partial charge on any atom is 0.251 e. The van der Waals surface area contributed by atoms with Gasteiger partial charge in [-0.05, 0) is 56.6 Å². The minimum atomic E-state index is -0.808. The average molecular weight is 299 g/mol. The van der Waals surface area contributed by atoms with Crippen molar-refractivity contribution >= 4 is 16.8 Å². The summed E-state index contributed by atoms with van der Waals surface area (Å²) in [6.45, 7) is 2.00. The van der Waals surface area contributed by atoms with E-state index in [2.05, 4.69) is 15.6 Å². The summed E-state index contributed by atoms with van der Waals surface area (Å²) in [5.74, 6) is -0.156. The summed E-state index contributed by atoms with van der Waals surface area (Å²) >= 11 is 0. The first-order valence-corrected chi connectivity index (χ1v) is 7.72. The molecule has 3 N–H and O–H groups in total. The van der Waals surface area contributed by atoms with E-state index in [1.807, 2.05) is 24.3 Å². The van der Waals surface area contributed by atoms with E-state index in [1.165, 1.54) is 0 Å². The summed E-state index contributed by atoms with van der Waals surface area (Å²) in [4.78, 5) is 16.5. The lowest BCUT2D eigenvalue weighted by Crippen LogP contribution is -2.43. The molecule has 5 heteroatoms. The van der Waals surface area contributed by atoms with E-state index in [0.29, 0.717) is 24.9 Å². The molecule has 0 bridgehead atoms. The van der Waals surface area contributed by atoms with Crippen LogP contribution in [0.5, 0.6) is 0 Å². The maximum atomic E-state index is 12.3. The highest BCUT2D eigenvalue weighted by molar-refractivity contribution is 5.97. The van der Waals surface area contributed by atoms with Gasteiger partial charge in [-0.1, -0.05) is 6.07 Å². The minimum absolute atomic E-state index is 0.156. The van der Waals surface area contributed by atoms with Gasteiger partial charge >= 0.3 is 0 Å². The maximum absolute atomic E-state index is 12.3. The van der Waals surface area contributed by atoms with Gasteiger partial charge in [0.05, 0.1) is 11.1 Å². The Kier molecular flexibility index (Phi) is 4.36. The number of carbonyl (C=O) groups excluding carboxylic acids is 1. The van der Waals surface area contributed by atoms with Crippen LogP contribution in [-0.2, 0) is 0 Å². The Morgan fingerprint density at radius 2 is 2.23 bits per heavy atom. The highest BCUT2D eigenvalue weighted by atomic mass is 16.3. The summed E-state index contributed by atoms with van der Waals surface area (Å²) in [5.41, 5.74) is 0.653. The molecule has 1 amide bonds. The second-order valence-corrected chi connectivity index (χ2v) is 5.92. The standard InChI is InChI=1S/C17H21N3O2/c21-16(20-12-17(22)6-2-8-18-10-7-17)14-4-5-15-13(11-14)3-1-9-19-15/h1,3-5,9,11,18,22H,2,6-8,10,12H2,(H,20,21). The van der Waals surface area contributed by atoms with Crippen molar-refractivity contribution in [3.05, 3.63) is 42.1 Å². The van der Waals surface area contributed by atoms with Crippen LogP contribution in [0.25, 0.3) is 10.9 Å². The van der Waals surface area contributed by atoms with Crippen molar-refractivity contribution in [2.24, 2.45) is 0 Å². The molecule has 1 saturated heterocycles. The number of aliphatic hydroxyl groups is 1. The summed E-state index contributed by atoms with van der Waals surface area (Å²) < 4.78 is 0. The smallest absolute Gasteiger partial charge is 0.251 e. The van der Waals surface area contributed by atoms with Crippen molar-refractivity contribution in [2.45, 2.75) is 24.9 Å². The molecule has 0 radical (unpaired) electrons. The molecule has 0 spiro atoms. The van der Waals surface area contributed by atoms with Crippen molar-refractivity contribution in [3.63, 3.8) is 0 Å². The predicted octanol–water partition coefficient (Wildman–Crippen LogP) is 1.47. The molecule has 0 aliphatic carbocycles. The molecule has 0 saturated carbocycles. The molecular formula is C17H21N3O2. The molecule has 1 atom stereocenters. The van der Waals surface area contributed by atoms with Crippen LogP contribution in [0.4, 0.5) is 0 Å². The van der Waals surface area contributed by atoms with Gasteiger partial charge in [0.15, 0.2) is 0 Å². The molecule has 1 fully saturated rings. The van der Waals surface area contributed by atoms with Crippen LogP contribution in [0.1, 0.15) is 29.6 Å². The topological polar surface area (TPSA) is 74.2 Å². The molecule has 1 aromatic heterocycles. The van der Waals surface area contributed by atoms with Gasteiger partial charge in [-0.3, -0.25) is 9.78 Å². The van der Waals surface area contributed by atoms with E-state index in [1.54, 1.807) is 12.3 Å². The largest absolute Gasteiger partial charge is 0.388 e. The summed E-state index contributed by atoms with van der Waals surface area (Å²) in [7, 11) is 0. The molecule has 1 unspecified atom stereocenters. The number of nitrogens with zero attached hydrogens (tertiary/aromatic N) is 1. The first kappa shape index (κ1) is 14.9. The molecule has 1 aliphatic heterocycles. The molecule has 22 heavy (non-hydrogen) atoms. The highest BCUT2D eigenvalue weighted by Gasteiger charge is 2.28. The van der Waals surface area contributed by atoms with Gasteiger partial charge in [-0.25, -0.2) is 0 Å². The number of carbonyl (C=O) groups is 1. The fourth-order valence-electron chi connectivity index (χ4n) is 2.85. The summed E-state index contributed by atoms with van der Waals surface area (Å²) in [6.07, 6.45) is 4.03. The third kappa shape index (κ3) is 3.43. The second kappa shape index (κ2) is 6.42. The number of benzene rings is 1. The van der Waals surface area contributed by atoms with Gasteiger partial charge in [-0.15, -0.1) is 0 Å². The van der Waals surface area contributed by atoms with Crippen molar-refractivity contribution in [3.8, 4) is 0 Å². The number of amides is 1.